The standard InChI is InChI=1S/C15H13BrF2OS/c16-10-4-5-11(17)9(15(10)18)7-12(19)14-6-8-2-1-3-13(8)20-14/h4-6,12,19H,1-3,7H2. The molecule has 1 unspecified atom stereocenters. The van der Waals surface area contributed by atoms with Gasteiger partial charge >= 0.3 is 0 Å². The topological polar surface area (TPSA) is 20.2 Å². The second-order valence-corrected chi connectivity index (χ2v) is 7.02. The summed E-state index contributed by atoms with van der Waals surface area (Å²) in [6.45, 7) is 0. The molecular formula is C15H13BrF2OS. The van der Waals surface area contributed by atoms with Crippen LogP contribution in [0.4, 0.5) is 8.78 Å². The van der Waals surface area contributed by atoms with Crippen LogP contribution in [0.25, 0.3) is 0 Å². The number of hydrogen-bond acceptors (Lipinski definition) is 2. The number of hydrogen-bond donors (Lipinski definition) is 1. The summed E-state index contributed by atoms with van der Waals surface area (Å²) in [6.07, 6.45) is 2.34. The first-order valence-electron chi connectivity index (χ1n) is 6.48. The molecule has 0 saturated carbocycles. The molecule has 106 valence electrons. The molecule has 1 aliphatic carbocycles. The quantitative estimate of drug-likeness (QED) is 0.797. The van der Waals surface area contributed by atoms with E-state index in [0.717, 1.165) is 24.1 Å². The summed E-state index contributed by atoms with van der Waals surface area (Å²) in [5.74, 6) is -1.25. The highest BCUT2D eigenvalue weighted by molar-refractivity contribution is 9.10. The molecule has 20 heavy (non-hydrogen) atoms. The van der Waals surface area contributed by atoms with Crippen molar-refractivity contribution >= 4 is 27.3 Å². The maximum Gasteiger partial charge on any atom is 0.143 e. The van der Waals surface area contributed by atoms with Crippen molar-refractivity contribution in [3.05, 3.63) is 55.2 Å². The summed E-state index contributed by atoms with van der Waals surface area (Å²) in [5.41, 5.74) is 1.21. The van der Waals surface area contributed by atoms with Gasteiger partial charge in [-0.15, -0.1) is 11.3 Å². The molecular weight excluding hydrogens is 346 g/mol. The molecule has 1 heterocycles. The van der Waals surface area contributed by atoms with Crippen LogP contribution in [0.3, 0.4) is 0 Å². The van der Waals surface area contributed by atoms with Gasteiger partial charge in [0.05, 0.1) is 10.6 Å². The minimum atomic E-state index is -0.858. The molecule has 1 aromatic carbocycles. The Morgan fingerprint density at radius 3 is 2.85 bits per heavy atom. The van der Waals surface area contributed by atoms with Gasteiger partial charge in [0.15, 0.2) is 0 Å². The minimum Gasteiger partial charge on any atom is -0.387 e. The van der Waals surface area contributed by atoms with Crippen molar-refractivity contribution in [3.8, 4) is 0 Å². The molecule has 1 aromatic heterocycles. The summed E-state index contributed by atoms with van der Waals surface area (Å²) in [4.78, 5) is 2.10. The van der Waals surface area contributed by atoms with Gasteiger partial charge in [0.1, 0.15) is 11.6 Å². The Morgan fingerprint density at radius 2 is 2.10 bits per heavy atom. The number of aliphatic hydroxyl groups is 1. The van der Waals surface area contributed by atoms with Gasteiger partial charge in [-0.3, -0.25) is 0 Å². The fraction of sp³-hybridized carbons (Fsp3) is 0.333. The molecule has 5 heteroatoms. The number of halogens is 3. The van der Waals surface area contributed by atoms with Crippen molar-refractivity contribution in [1.29, 1.82) is 0 Å². The lowest BCUT2D eigenvalue weighted by atomic mass is 10.0. The van der Waals surface area contributed by atoms with E-state index >= 15 is 0 Å². The SMILES string of the molecule is OC(Cc1c(F)ccc(Br)c1F)c1cc2c(s1)CCC2. The van der Waals surface area contributed by atoms with Gasteiger partial charge in [-0.25, -0.2) is 8.78 Å². The summed E-state index contributed by atoms with van der Waals surface area (Å²) < 4.78 is 27.8. The Hall–Kier alpha value is -0.780. The van der Waals surface area contributed by atoms with E-state index in [1.807, 2.05) is 6.07 Å². The minimum absolute atomic E-state index is 0.0451. The fourth-order valence-electron chi connectivity index (χ4n) is 2.57. The van der Waals surface area contributed by atoms with E-state index in [1.165, 1.54) is 22.6 Å². The number of benzene rings is 1. The largest absolute Gasteiger partial charge is 0.387 e. The highest BCUT2D eigenvalue weighted by atomic mass is 79.9. The molecule has 1 aliphatic rings. The van der Waals surface area contributed by atoms with Crippen LogP contribution in [0, 0.1) is 11.6 Å². The molecule has 0 radical (unpaired) electrons. The number of rotatable bonds is 3. The first-order chi connectivity index (χ1) is 9.56. The third-order valence-electron chi connectivity index (χ3n) is 3.63. The lowest BCUT2D eigenvalue weighted by Gasteiger charge is -2.11. The third-order valence-corrected chi connectivity index (χ3v) is 5.58. The van der Waals surface area contributed by atoms with E-state index in [0.29, 0.717) is 0 Å². The Morgan fingerprint density at radius 1 is 1.30 bits per heavy atom. The lowest BCUT2D eigenvalue weighted by Crippen LogP contribution is -2.05. The average Bonchev–Trinajstić information content (AvgIpc) is 3.00. The molecule has 3 rings (SSSR count). The summed E-state index contributed by atoms with van der Waals surface area (Å²) in [6, 6.07) is 4.52. The van der Waals surface area contributed by atoms with Gasteiger partial charge in [0.25, 0.3) is 0 Å². The molecule has 0 aliphatic heterocycles. The van der Waals surface area contributed by atoms with Crippen LogP contribution < -0.4 is 0 Å². The Bertz CT molecular complexity index is 632. The predicted octanol–water partition coefficient (Wildman–Crippen LogP) is 4.55. The lowest BCUT2D eigenvalue weighted by molar-refractivity contribution is 0.179. The summed E-state index contributed by atoms with van der Waals surface area (Å²) >= 11 is 4.60. The van der Waals surface area contributed by atoms with Crippen LogP contribution in [-0.2, 0) is 19.3 Å². The van der Waals surface area contributed by atoms with Gasteiger partial charge in [-0.1, -0.05) is 0 Å². The Balaban J connectivity index is 1.85. The maximum absolute atomic E-state index is 13.9. The second kappa shape index (κ2) is 5.54. The molecule has 0 fully saturated rings. The third kappa shape index (κ3) is 2.54. The fourth-order valence-corrected chi connectivity index (χ4v) is 4.18. The predicted molar refractivity (Wildman–Crippen MR) is 79.1 cm³/mol. The second-order valence-electron chi connectivity index (χ2n) is 4.99. The van der Waals surface area contributed by atoms with Crippen molar-refractivity contribution in [1.82, 2.24) is 0 Å². The monoisotopic (exact) mass is 358 g/mol. The molecule has 1 N–H and O–H groups in total. The van der Waals surface area contributed by atoms with Crippen molar-refractivity contribution in [3.63, 3.8) is 0 Å². The highest BCUT2D eigenvalue weighted by Gasteiger charge is 2.22. The normalized spacial score (nSPS) is 15.4. The van der Waals surface area contributed by atoms with E-state index in [4.69, 9.17) is 0 Å². The molecule has 0 bridgehead atoms. The summed E-state index contributed by atoms with van der Waals surface area (Å²) in [5, 5.41) is 10.2. The number of thiophene rings is 1. The molecule has 1 nitrogen and oxygen atoms in total. The van der Waals surface area contributed by atoms with Crippen LogP contribution in [0.2, 0.25) is 0 Å². The number of fused-ring (bicyclic) bond motifs is 1. The van der Waals surface area contributed by atoms with Crippen molar-refractivity contribution in [2.75, 3.05) is 0 Å². The van der Waals surface area contributed by atoms with Crippen LogP contribution in [0.15, 0.2) is 22.7 Å². The smallest absolute Gasteiger partial charge is 0.143 e. The van der Waals surface area contributed by atoms with E-state index < -0.39 is 17.7 Å². The number of aliphatic hydroxyl groups excluding tert-OH is 1. The molecule has 0 amide bonds. The van der Waals surface area contributed by atoms with Gasteiger partial charge in [-0.05, 0) is 59.0 Å². The van der Waals surface area contributed by atoms with E-state index in [2.05, 4.69) is 15.9 Å². The first kappa shape index (κ1) is 14.2. The Kier molecular flexibility index (Phi) is 3.93. The highest BCUT2D eigenvalue weighted by Crippen LogP contribution is 2.35. The zero-order valence-corrected chi connectivity index (χ0v) is 13.0. The molecule has 0 saturated heterocycles. The van der Waals surface area contributed by atoms with Gasteiger partial charge < -0.3 is 5.11 Å². The molecule has 2 aromatic rings. The van der Waals surface area contributed by atoms with E-state index in [1.54, 1.807) is 11.3 Å². The van der Waals surface area contributed by atoms with Crippen molar-refractivity contribution in [2.24, 2.45) is 0 Å². The van der Waals surface area contributed by atoms with Crippen LogP contribution in [-0.4, -0.2) is 5.11 Å². The van der Waals surface area contributed by atoms with Gasteiger partial charge in [0.2, 0.25) is 0 Å². The zero-order valence-electron chi connectivity index (χ0n) is 10.6. The summed E-state index contributed by atoms with van der Waals surface area (Å²) in [7, 11) is 0. The first-order valence-corrected chi connectivity index (χ1v) is 8.09. The van der Waals surface area contributed by atoms with Crippen molar-refractivity contribution < 1.29 is 13.9 Å². The van der Waals surface area contributed by atoms with Crippen LogP contribution in [0.5, 0.6) is 0 Å². The average molecular weight is 359 g/mol. The maximum atomic E-state index is 13.9. The van der Waals surface area contributed by atoms with E-state index in [-0.39, 0.29) is 16.5 Å². The van der Waals surface area contributed by atoms with Gasteiger partial charge in [-0.2, -0.15) is 0 Å². The Labute approximate surface area is 128 Å². The number of aryl methyl sites for hydroxylation is 2. The van der Waals surface area contributed by atoms with Crippen LogP contribution in [0.1, 0.15) is 33.4 Å². The molecule has 1 atom stereocenters. The van der Waals surface area contributed by atoms with E-state index in [9.17, 15) is 13.9 Å². The van der Waals surface area contributed by atoms with Crippen molar-refractivity contribution in [2.45, 2.75) is 31.8 Å². The van der Waals surface area contributed by atoms with Crippen LogP contribution >= 0.6 is 27.3 Å². The molecule has 0 spiro atoms. The zero-order chi connectivity index (χ0) is 14.3. The van der Waals surface area contributed by atoms with Gasteiger partial charge in [0, 0.05) is 21.7 Å².